The van der Waals surface area contributed by atoms with Crippen LogP contribution in [0.25, 0.3) is 0 Å². The summed E-state index contributed by atoms with van der Waals surface area (Å²) >= 11 is 5.80. The summed E-state index contributed by atoms with van der Waals surface area (Å²) in [4.78, 5) is 4.21. The Morgan fingerprint density at radius 3 is 2.59 bits per heavy atom. The number of nitrogens with one attached hydrogen (secondary N) is 1. The lowest BCUT2D eigenvalue weighted by atomic mass is 10.3. The average Bonchev–Trinajstić information content (AvgIpc) is 2.39. The molecule has 1 heterocycles. The zero-order valence-corrected chi connectivity index (χ0v) is 10.1. The topological polar surface area (TPSA) is 37.3 Å². The number of hydrazone groups is 1. The minimum absolute atomic E-state index is 0.709. The van der Waals surface area contributed by atoms with E-state index in [2.05, 4.69) is 15.5 Å². The minimum atomic E-state index is 0.709. The molecule has 0 aliphatic rings. The van der Waals surface area contributed by atoms with Crippen LogP contribution in [0.3, 0.4) is 0 Å². The van der Waals surface area contributed by atoms with E-state index in [1.807, 2.05) is 49.4 Å². The maximum atomic E-state index is 5.80. The van der Waals surface area contributed by atoms with Crippen LogP contribution >= 0.6 is 11.6 Å². The molecule has 2 aromatic rings. The third-order valence-corrected chi connectivity index (χ3v) is 2.48. The highest BCUT2D eigenvalue weighted by Crippen LogP contribution is 2.13. The van der Waals surface area contributed by atoms with Gasteiger partial charge in [0.25, 0.3) is 0 Å². The van der Waals surface area contributed by atoms with Crippen molar-refractivity contribution in [3.8, 4) is 0 Å². The van der Waals surface area contributed by atoms with Crippen molar-refractivity contribution >= 4 is 23.0 Å². The van der Waals surface area contributed by atoms with Gasteiger partial charge in [0.05, 0.1) is 17.1 Å². The number of pyridine rings is 1. The van der Waals surface area contributed by atoms with Gasteiger partial charge in [-0.25, -0.2) is 0 Å². The molecule has 3 nitrogen and oxygen atoms in total. The molecule has 0 fully saturated rings. The summed E-state index contributed by atoms with van der Waals surface area (Å²) in [5.41, 5.74) is 5.54. The van der Waals surface area contributed by atoms with Gasteiger partial charge >= 0.3 is 0 Å². The second kappa shape index (κ2) is 5.46. The highest BCUT2D eigenvalue weighted by atomic mass is 35.5. The molecule has 0 spiro atoms. The average molecular weight is 246 g/mol. The lowest BCUT2D eigenvalue weighted by Gasteiger charge is -2.02. The van der Waals surface area contributed by atoms with Gasteiger partial charge in [-0.3, -0.25) is 10.4 Å². The van der Waals surface area contributed by atoms with E-state index in [1.54, 1.807) is 6.20 Å². The second-order valence-corrected chi connectivity index (χ2v) is 3.97. The number of benzene rings is 1. The molecule has 0 amide bonds. The highest BCUT2D eigenvalue weighted by molar-refractivity contribution is 6.30. The maximum absolute atomic E-state index is 5.80. The highest BCUT2D eigenvalue weighted by Gasteiger charge is 1.97. The quantitative estimate of drug-likeness (QED) is 0.663. The van der Waals surface area contributed by atoms with Crippen molar-refractivity contribution in [3.05, 3.63) is 59.4 Å². The predicted molar refractivity (Wildman–Crippen MR) is 71.5 cm³/mol. The van der Waals surface area contributed by atoms with E-state index in [4.69, 9.17) is 11.6 Å². The fraction of sp³-hybridized carbons (Fsp3) is 0.0769. The van der Waals surface area contributed by atoms with Gasteiger partial charge < -0.3 is 0 Å². The van der Waals surface area contributed by atoms with Crippen LogP contribution in [0.4, 0.5) is 5.69 Å². The lowest BCUT2D eigenvalue weighted by Crippen LogP contribution is -2.01. The van der Waals surface area contributed by atoms with Crippen LogP contribution in [-0.4, -0.2) is 10.7 Å². The molecule has 0 saturated heterocycles. The Labute approximate surface area is 105 Å². The zero-order chi connectivity index (χ0) is 12.1. The van der Waals surface area contributed by atoms with E-state index < -0.39 is 0 Å². The summed E-state index contributed by atoms with van der Waals surface area (Å²) in [7, 11) is 0. The Kier molecular flexibility index (Phi) is 3.73. The van der Waals surface area contributed by atoms with Crippen molar-refractivity contribution in [1.29, 1.82) is 0 Å². The number of hydrogen-bond donors (Lipinski definition) is 1. The summed E-state index contributed by atoms with van der Waals surface area (Å²) in [5.74, 6) is 0. The molecule has 0 aliphatic heterocycles. The van der Waals surface area contributed by atoms with Crippen molar-refractivity contribution in [2.45, 2.75) is 6.92 Å². The summed E-state index contributed by atoms with van der Waals surface area (Å²) in [6.07, 6.45) is 1.75. The smallest absolute Gasteiger partial charge is 0.0859 e. The van der Waals surface area contributed by atoms with Crippen LogP contribution in [0, 0.1) is 0 Å². The Morgan fingerprint density at radius 2 is 1.94 bits per heavy atom. The molecule has 0 atom stereocenters. The summed E-state index contributed by atoms with van der Waals surface area (Å²) < 4.78 is 0. The Bertz CT molecular complexity index is 506. The zero-order valence-electron chi connectivity index (χ0n) is 9.39. The molecule has 0 aliphatic carbocycles. The van der Waals surface area contributed by atoms with Crippen molar-refractivity contribution in [1.82, 2.24) is 4.98 Å². The van der Waals surface area contributed by atoms with Gasteiger partial charge in [0.15, 0.2) is 0 Å². The van der Waals surface area contributed by atoms with E-state index in [1.165, 1.54) is 0 Å². The SMILES string of the molecule is CC(=NNc1ccc(Cl)cc1)c1ccccn1. The molecule has 1 aromatic carbocycles. The van der Waals surface area contributed by atoms with Crippen molar-refractivity contribution in [2.75, 3.05) is 5.43 Å². The molecule has 86 valence electrons. The Balaban J connectivity index is 2.08. The molecule has 0 saturated carbocycles. The number of rotatable bonds is 3. The standard InChI is InChI=1S/C13H12ClN3/c1-10(13-4-2-3-9-15-13)16-17-12-7-5-11(14)6-8-12/h2-9,17H,1H3. The van der Waals surface area contributed by atoms with E-state index in [-0.39, 0.29) is 0 Å². The normalized spacial score (nSPS) is 11.3. The first kappa shape index (κ1) is 11.6. The maximum Gasteiger partial charge on any atom is 0.0859 e. The first-order chi connectivity index (χ1) is 8.25. The lowest BCUT2D eigenvalue weighted by molar-refractivity contribution is 1.25. The van der Waals surface area contributed by atoms with Gasteiger partial charge in [-0.15, -0.1) is 0 Å². The van der Waals surface area contributed by atoms with E-state index in [9.17, 15) is 0 Å². The van der Waals surface area contributed by atoms with Gasteiger partial charge in [0.1, 0.15) is 0 Å². The van der Waals surface area contributed by atoms with E-state index >= 15 is 0 Å². The molecule has 0 unspecified atom stereocenters. The van der Waals surface area contributed by atoms with Crippen molar-refractivity contribution < 1.29 is 0 Å². The fourth-order valence-electron chi connectivity index (χ4n) is 1.31. The van der Waals surface area contributed by atoms with Gasteiger partial charge in [-0.2, -0.15) is 5.10 Å². The molecular weight excluding hydrogens is 234 g/mol. The summed E-state index contributed by atoms with van der Waals surface area (Å²) in [6.45, 7) is 1.91. The van der Waals surface area contributed by atoms with Gasteiger partial charge in [-0.05, 0) is 43.3 Å². The van der Waals surface area contributed by atoms with E-state index in [0.29, 0.717) is 5.02 Å². The molecule has 1 aromatic heterocycles. The van der Waals surface area contributed by atoms with Gasteiger partial charge in [0.2, 0.25) is 0 Å². The van der Waals surface area contributed by atoms with Crippen molar-refractivity contribution in [2.24, 2.45) is 5.10 Å². The van der Waals surface area contributed by atoms with Crippen molar-refractivity contribution in [3.63, 3.8) is 0 Å². The molecular formula is C13H12ClN3. The van der Waals surface area contributed by atoms with Crippen LogP contribution < -0.4 is 5.43 Å². The van der Waals surface area contributed by atoms with Gasteiger partial charge in [0, 0.05) is 11.2 Å². The van der Waals surface area contributed by atoms with E-state index in [0.717, 1.165) is 17.1 Å². The molecule has 4 heteroatoms. The molecule has 17 heavy (non-hydrogen) atoms. The van der Waals surface area contributed by atoms with Crippen LogP contribution in [-0.2, 0) is 0 Å². The molecule has 0 radical (unpaired) electrons. The third kappa shape index (κ3) is 3.29. The number of hydrogen-bond acceptors (Lipinski definition) is 3. The molecule has 0 bridgehead atoms. The van der Waals surface area contributed by atoms with Gasteiger partial charge in [-0.1, -0.05) is 17.7 Å². The first-order valence-corrected chi connectivity index (χ1v) is 5.61. The Morgan fingerprint density at radius 1 is 1.18 bits per heavy atom. The molecule has 2 rings (SSSR count). The number of nitrogens with zero attached hydrogens (tertiary/aromatic N) is 2. The monoisotopic (exact) mass is 245 g/mol. The largest absolute Gasteiger partial charge is 0.278 e. The first-order valence-electron chi connectivity index (χ1n) is 5.23. The number of halogens is 1. The fourth-order valence-corrected chi connectivity index (χ4v) is 1.43. The predicted octanol–water partition coefficient (Wildman–Crippen LogP) is 3.57. The summed E-state index contributed by atoms with van der Waals surface area (Å²) in [5, 5.41) is 4.96. The minimum Gasteiger partial charge on any atom is -0.278 e. The van der Waals surface area contributed by atoms with Crippen LogP contribution in [0.2, 0.25) is 5.02 Å². The number of anilines is 1. The van der Waals surface area contributed by atoms with Crippen LogP contribution in [0.15, 0.2) is 53.8 Å². The van der Waals surface area contributed by atoms with Crippen LogP contribution in [0.1, 0.15) is 12.6 Å². The Hall–Kier alpha value is -1.87. The molecule has 1 N–H and O–H groups in total. The number of aromatic nitrogens is 1. The second-order valence-electron chi connectivity index (χ2n) is 3.53. The van der Waals surface area contributed by atoms with Crippen LogP contribution in [0.5, 0.6) is 0 Å². The summed E-state index contributed by atoms with van der Waals surface area (Å²) in [6, 6.07) is 13.1. The third-order valence-electron chi connectivity index (χ3n) is 2.23.